The van der Waals surface area contributed by atoms with Gasteiger partial charge in [-0.15, -0.1) is 0 Å². The highest BCUT2D eigenvalue weighted by Gasteiger charge is 1.98. The molecule has 0 aliphatic rings. The van der Waals surface area contributed by atoms with Gasteiger partial charge >= 0.3 is 0 Å². The Morgan fingerprint density at radius 3 is 2.67 bits per heavy atom. The summed E-state index contributed by atoms with van der Waals surface area (Å²) in [6.07, 6.45) is 0. The van der Waals surface area contributed by atoms with Crippen molar-refractivity contribution in [2.75, 3.05) is 5.73 Å². The van der Waals surface area contributed by atoms with Gasteiger partial charge in [0.2, 0.25) is 0 Å². The molecule has 0 amide bonds. The molecule has 0 spiro atoms. The minimum Gasteiger partial charge on any atom is -0.487 e. The lowest BCUT2D eigenvalue weighted by atomic mass is 10.3. The third kappa shape index (κ3) is 2.73. The van der Waals surface area contributed by atoms with Crippen molar-refractivity contribution in [2.24, 2.45) is 0 Å². The van der Waals surface area contributed by atoms with Gasteiger partial charge in [-0.25, -0.2) is 0 Å². The number of benzene rings is 1. The zero-order valence-corrected chi connectivity index (χ0v) is 9.49. The highest BCUT2D eigenvalue weighted by Crippen LogP contribution is 2.17. The van der Waals surface area contributed by atoms with Crippen molar-refractivity contribution in [3.8, 4) is 5.75 Å². The van der Waals surface area contributed by atoms with Crippen molar-refractivity contribution in [1.29, 1.82) is 0 Å². The SMILES string of the molecule is Nc1cc(COc2ccc(Br)cc2)[nH]n1. The molecule has 0 aliphatic heterocycles. The summed E-state index contributed by atoms with van der Waals surface area (Å²) in [7, 11) is 0. The Hall–Kier alpha value is -1.49. The Morgan fingerprint density at radius 1 is 1.33 bits per heavy atom. The Morgan fingerprint density at radius 2 is 2.07 bits per heavy atom. The normalized spacial score (nSPS) is 10.2. The van der Waals surface area contributed by atoms with Crippen LogP contribution in [0.1, 0.15) is 5.69 Å². The van der Waals surface area contributed by atoms with Gasteiger partial charge in [-0.3, -0.25) is 5.10 Å². The van der Waals surface area contributed by atoms with Crippen molar-refractivity contribution < 1.29 is 4.74 Å². The molecule has 15 heavy (non-hydrogen) atoms. The first kappa shape index (κ1) is 10.0. The van der Waals surface area contributed by atoms with Gasteiger partial charge in [-0.05, 0) is 24.3 Å². The van der Waals surface area contributed by atoms with E-state index in [0.717, 1.165) is 15.9 Å². The Bertz CT molecular complexity index is 438. The lowest BCUT2D eigenvalue weighted by Gasteiger charge is -2.03. The summed E-state index contributed by atoms with van der Waals surface area (Å²) in [6, 6.07) is 9.39. The van der Waals surface area contributed by atoms with Crippen LogP contribution in [0.15, 0.2) is 34.8 Å². The van der Waals surface area contributed by atoms with E-state index in [-0.39, 0.29) is 0 Å². The molecule has 0 atom stereocenters. The van der Waals surface area contributed by atoms with Gasteiger partial charge in [0.1, 0.15) is 18.2 Å². The molecular formula is C10H10BrN3O. The zero-order chi connectivity index (χ0) is 10.7. The van der Waals surface area contributed by atoms with Crippen molar-refractivity contribution in [3.05, 3.63) is 40.5 Å². The quantitative estimate of drug-likeness (QED) is 0.897. The number of nitrogen functional groups attached to an aromatic ring is 1. The van der Waals surface area contributed by atoms with Crippen LogP contribution in [0.5, 0.6) is 5.75 Å². The molecule has 0 fully saturated rings. The molecule has 1 aromatic heterocycles. The Balaban J connectivity index is 1.96. The van der Waals surface area contributed by atoms with Crippen molar-refractivity contribution in [3.63, 3.8) is 0 Å². The van der Waals surface area contributed by atoms with Gasteiger partial charge in [0.15, 0.2) is 0 Å². The minimum atomic E-state index is 0.436. The molecule has 2 rings (SSSR count). The summed E-state index contributed by atoms with van der Waals surface area (Å²) in [5.74, 6) is 1.29. The number of nitrogens with one attached hydrogen (secondary N) is 1. The maximum absolute atomic E-state index is 5.51. The first-order valence-electron chi connectivity index (χ1n) is 4.42. The van der Waals surface area contributed by atoms with Gasteiger partial charge in [-0.1, -0.05) is 15.9 Å². The second kappa shape index (κ2) is 4.35. The van der Waals surface area contributed by atoms with Crippen LogP contribution >= 0.6 is 15.9 Å². The number of rotatable bonds is 3. The smallest absolute Gasteiger partial charge is 0.145 e. The lowest BCUT2D eigenvalue weighted by Crippen LogP contribution is -1.95. The van der Waals surface area contributed by atoms with Crippen LogP contribution in [0.4, 0.5) is 5.82 Å². The summed E-state index contributed by atoms with van der Waals surface area (Å²) in [4.78, 5) is 0. The van der Waals surface area contributed by atoms with Gasteiger partial charge < -0.3 is 10.5 Å². The lowest BCUT2D eigenvalue weighted by molar-refractivity contribution is 0.301. The average molecular weight is 268 g/mol. The highest BCUT2D eigenvalue weighted by molar-refractivity contribution is 9.10. The largest absolute Gasteiger partial charge is 0.487 e. The molecule has 1 aromatic carbocycles. The zero-order valence-electron chi connectivity index (χ0n) is 7.90. The van der Waals surface area contributed by atoms with Crippen molar-refractivity contribution in [2.45, 2.75) is 6.61 Å². The van der Waals surface area contributed by atoms with Crippen molar-refractivity contribution in [1.82, 2.24) is 10.2 Å². The highest BCUT2D eigenvalue weighted by atomic mass is 79.9. The van der Waals surface area contributed by atoms with Gasteiger partial charge in [-0.2, -0.15) is 5.10 Å². The maximum atomic E-state index is 5.51. The molecule has 0 aliphatic carbocycles. The number of nitrogens with zero attached hydrogens (tertiary/aromatic N) is 1. The van der Waals surface area contributed by atoms with Crippen LogP contribution in [-0.4, -0.2) is 10.2 Å². The molecule has 3 N–H and O–H groups in total. The maximum Gasteiger partial charge on any atom is 0.145 e. The number of hydrogen-bond donors (Lipinski definition) is 2. The predicted octanol–water partition coefficient (Wildman–Crippen LogP) is 2.33. The fourth-order valence-corrected chi connectivity index (χ4v) is 1.41. The van der Waals surface area contributed by atoms with E-state index in [1.54, 1.807) is 6.07 Å². The third-order valence-corrected chi connectivity index (χ3v) is 2.39. The molecule has 4 nitrogen and oxygen atoms in total. The molecule has 2 aromatic rings. The standard InChI is InChI=1S/C10H10BrN3O/c11-7-1-3-9(4-2-7)15-6-8-5-10(12)14-13-8/h1-5H,6H2,(H3,12,13,14). The second-order valence-corrected chi connectivity index (χ2v) is 3.98. The molecule has 0 saturated carbocycles. The van der Waals surface area contributed by atoms with Crippen molar-refractivity contribution >= 4 is 21.7 Å². The summed E-state index contributed by atoms with van der Waals surface area (Å²) in [6.45, 7) is 0.436. The van der Waals surface area contributed by atoms with E-state index in [2.05, 4.69) is 26.1 Å². The number of hydrogen-bond acceptors (Lipinski definition) is 3. The molecule has 5 heteroatoms. The predicted molar refractivity (Wildman–Crippen MR) is 61.5 cm³/mol. The molecule has 0 bridgehead atoms. The molecule has 78 valence electrons. The minimum absolute atomic E-state index is 0.436. The number of nitrogens with two attached hydrogens (primary N) is 1. The molecule has 1 heterocycles. The van der Waals surface area contributed by atoms with E-state index in [4.69, 9.17) is 10.5 Å². The molecule has 0 saturated heterocycles. The van der Waals surface area contributed by atoms with Crippen LogP contribution in [0, 0.1) is 0 Å². The van der Waals surface area contributed by atoms with E-state index in [1.807, 2.05) is 24.3 Å². The van der Waals surface area contributed by atoms with E-state index in [9.17, 15) is 0 Å². The summed E-state index contributed by atoms with van der Waals surface area (Å²) >= 11 is 3.36. The number of ether oxygens (including phenoxy) is 1. The average Bonchev–Trinajstić information content (AvgIpc) is 2.64. The van der Waals surface area contributed by atoms with Gasteiger partial charge in [0.25, 0.3) is 0 Å². The summed E-state index contributed by atoms with van der Waals surface area (Å²) < 4.78 is 6.54. The van der Waals surface area contributed by atoms with Crippen LogP contribution in [0.3, 0.4) is 0 Å². The van der Waals surface area contributed by atoms with Gasteiger partial charge in [0.05, 0.1) is 5.69 Å². The first-order valence-corrected chi connectivity index (χ1v) is 5.21. The number of H-pyrrole nitrogens is 1. The van der Waals surface area contributed by atoms with E-state index in [1.165, 1.54) is 0 Å². The fraction of sp³-hybridized carbons (Fsp3) is 0.100. The summed E-state index contributed by atoms with van der Waals surface area (Å²) in [5, 5.41) is 6.59. The first-order chi connectivity index (χ1) is 7.24. The number of aromatic amines is 1. The van der Waals surface area contributed by atoms with Crippen LogP contribution in [0.2, 0.25) is 0 Å². The van der Waals surface area contributed by atoms with Crippen LogP contribution in [0.25, 0.3) is 0 Å². The number of halogens is 1. The van der Waals surface area contributed by atoms with E-state index < -0.39 is 0 Å². The Kier molecular flexibility index (Phi) is 2.91. The molecular weight excluding hydrogens is 258 g/mol. The number of anilines is 1. The van der Waals surface area contributed by atoms with Crippen LogP contribution in [-0.2, 0) is 6.61 Å². The second-order valence-electron chi connectivity index (χ2n) is 3.06. The van der Waals surface area contributed by atoms with Crippen LogP contribution < -0.4 is 10.5 Å². The number of aromatic nitrogens is 2. The van der Waals surface area contributed by atoms with Gasteiger partial charge in [0, 0.05) is 10.5 Å². The third-order valence-electron chi connectivity index (χ3n) is 1.86. The van der Waals surface area contributed by atoms with E-state index >= 15 is 0 Å². The molecule has 0 unspecified atom stereocenters. The van der Waals surface area contributed by atoms with E-state index in [0.29, 0.717) is 12.4 Å². The monoisotopic (exact) mass is 267 g/mol. The topological polar surface area (TPSA) is 63.9 Å². The fourth-order valence-electron chi connectivity index (χ4n) is 1.15. The summed E-state index contributed by atoms with van der Waals surface area (Å²) in [5.41, 5.74) is 6.32. The Labute approximate surface area is 95.6 Å². The molecule has 0 radical (unpaired) electrons.